The van der Waals surface area contributed by atoms with Crippen LogP contribution in [0.4, 0.5) is 0 Å². The van der Waals surface area contributed by atoms with Gasteiger partial charge in [-0.1, -0.05) is 26.0 Å². The van der Waals surface area contributed by atoms with E-state index in [1.54, 1.807) is 39.5 Å². The molecule has 15 nitrogen and oxygen atoms in total. The molecule has 0 bridgehead atoms. The Kier molecular flexibility index (Phi) is 12.6. The lowest BCUT2D eigenvalue weighted by Crippen LogP contribution is -2.48. The van der Waals surface area contributed by atoms with Crippen LogP contribution in [0.5, 0.6) is 17.4 Å². The van der Waals surface area contributed by atoms with Crippen LogP contribution in [0.25, 0.3) is 10.8 Å². The van der Waals surface area contributed by atoms with Crippen molar-refractivity contribution in [1.82, 2.24) is 14.6 Å². The van der Waals surface area contributed by atoms with Gasteiger partial charge in [0.2, 0.25) is 27.7 Å². The average molecular weight is 840 g/mol. The summed E-state index contributed by atoms with van der Waals surface area (Å²) in [5, 5.41) is 1.31. The SMILES string of the molecule is COCCOc1cnc(O[C@@H]2C[C@H]3C(=O)C[C@]4(C(=O)NS(=O)(=O)C5(C)CC5)C[C@H]4/C=C\CC[C@H](C)C[C@@H](C)[C@H](CC(=O)OC4COC4)C(=O)N3C2)c2ccc(OC)cc12. The number of allylic oxidation sites excluding steroid dienone is 2. The number of hydrogen-bond acceptors (Lipinski definition) is 13. The van der Waals surface area contributed by atoms with E-state index in [9.17, 15) is 27.6 Å². The summed E-state index contributed by atoms with van der Waals surface area (Å²) in [6, 6.07) is 4.38. The third-order valence-electron chi connectivity index (χ3n) is 12.9. The number of ketones is 1. The molecule has 2 aliphatic carbocycles. The zero-order valence-corrected chi connectivity index (χ0v) is 35.4. The fourth-order valence-corrected chi connectivity index (χ4v) is 10.0. The summed E-state index contributed by atoms with van der Waals surface area (Å²) in [6.45, 7) is 6.96. The summed E-state index contributed by atoms with van der Waals surface area (Å²) in [5.74, 6) is -1.79. The maximum absolute atomic E-state index is 15.0. The van der Waals surface area contributed by atoms with Crippen LogP contribution < -0.4 is 18.9 Å². The van der Waals surface area contributed by atoms with E-state index >= 15 is 0 Å². The number of ether oxygens (including phenoxy) is 6. The van der Waals surface area contributed by atoms with E-state index in [0.29, 0.717) is 74.2 Å². The number of methoxy groups -OCH3 is 2. The molecule has 7 atom stereocenters. The highest BCUT2D eigenvalue weighted by atomic mass is 32.2. The molecule has 0 radical (unpaired) electrons. The van der Waals surface area contributed by atoms with Gasteiger partial charge in [-0.3, -0.25) is 23.9 Å². The predicted molar refractivity (Wildman–Crippen MR) is 215 cm³/mol. The second kappa shape index (κ2) is 17.4. The Morgan fingerprint density at radius 3 is 2.53 bits per heavy atom. The number of carbonyl (C=O) groups is 4. The van der Waals surface area contributed by atoms with Gasteiger partial charge < -0.3 is 33.3 Å². The Labute approximate surface area is 345 Å². The highest BCUT2D eigenvalue weighted by Gasteiger charge is 2.62. The van der Waals surface area contributed by atoms with Crippen LogP contribution in [0.15, 0.2) is 36.5 Å². The van der Waals surface area contributed by atoms with Crippen LogP contribution in [0.1, 0.15) is 78.6 Å². The number of hydrogen-bond donors (Lipinski definition) is 1. The van der Waals surface area contributed by atoms with Crippen molar-refractivity contribution in [2.24, 2.45) is 29.1 Å². The van der Waals surface area contributed by atoms with Crippen molar-refractivity contribution >= 4 is 44.4 Å². The van der Waals surface area contributed by atoms with Gasteiger partial charge in [-0.15, -0.1) is 0 Å². The quantitative estimate of drug-likeness (QED) is 0.169. The van der Waals surface area contributed by atoms with Crippen molar-refractivity contribution in [3.05, 3.63) is 36.5 Å². The number of pyridine rings is 1. The van der Waals surface area contributed by atoms with Gasteiger partial charge in [-0.25, -0.2) is 13.4 Å². The second-order valence-corrected chi connectivity index (χ2v) is 19.6. The first kappa shape index (κ1) is 42.8. The number of esters is 1. The summed E-state index contributed by atoms with van der Waals surface area (Å²) in [6.07, 6.45) is 7.45. The number of fused-ring (bicyclic) bond motifs is 3. The number of rotatable bonds is 13. The third kappa shape index (κ3) is 9.24. The summed E-state index contributed by atoms with van der Waals surface area (Å²) < 4.78 is 61.9. The lowest BCUT2D eigenvalue weighted by Gasteiger charge is -2.33. The number of Topliss-reactive ketones (excluding diaryl/α,β-unsaturated/α-hetero) is 1. The van der Waals surface area contributed by atoms with Crippen LogP contribution in [0, 0.1) is 29.1 Å². The van der Waals surface area contributed by atoms with E-state index in [1.165, 1.54) is 4.90 Å². The topological polar surface area (TPSA) is 186 Å². The molecular formula is C43H57N3O12S. The molecule has 16 heteroatoms. The Morgan fingerprint density at radius 2 is 1.83 bits per heavy atom. The number of aromatic nitrogens is 1. The van der Waals surface area contributed by atoms with Crippen LogP contribution in [0.3, 0.4) is 0 Å². The minimum atomic E-state index is -3.97. The highest BCUT2D eigenvalue weighted by molar-refractivity contribution is 7.91. The van der Waals surface area contributed by atoms with Gasteiger partial charge in [-0.05, 0) is 81.4 Å². The monoisotopic (exact) mass is 839 g/mol. The first-order valence-corrected chi connectivity index (χ1v) is 22.2. The van der Waals surface area contributed by atoms with Crippen LogP contribution >= 0.6 is 0 Å². The molecule has 5 aliphatic rings. The molecule has 322 valence electrons. The van der Waals surface area contributed by atoms with Crippen LogP contribution in [-0.4, -0.2) is 112 Å². The lowest BCUT2D eigenvalue weighted by molar-refractivity contribution is -0.175. The molecule has 0 spiro atoms. The van der Waals surface area contributed by atoms with Gasteiger partial charge in [0.15, 0.2) is 5.78 Å². The Morgan fingerprint density at radius 1 is 1.05 bits per heavy atom. The number of nitrogens with one attached hydrogen (secondary N) is 1. The zero-order chi connectivity index (χ0) is 42.1. The molecule has 0 unspecified atom stereocenters. The molecule has 1 N–H and O–H groups in total. The summed E-state index contributed by atoms with van der Waals surface area (Å²) >= 11 is 0. The van der Waals surface area contributed by atoms with Crippen molar-refractivity contribution in [2.45, 2.75) is 102 Å². The lowest BCUT2D eigenvalue weighted by atomic mass is 9.82. The minimum Gasteiger partial charge on any atom is -0.497 e. The fraction of sp³-hybridized carbons (Fsp3) is 0.651. The van der Waals surface area contributed by atoms with Crippen molar-refractivity contribution in [1.29, 1.82) is 0 Å². The maximum atomic E-state index is 15.0. The van der Waals surface area contributed by atoms with Gasteiger partial charge in [-0.2, -0.15) is 0 Å². The second-order valence-electron chi connectivity index (χ2n) is 17.4. The minimum absolute atomic E-state index is 0.0141. The van der Waals surface area contributed by atoms with Crippen molar-refractivity contribution in [3.8, 4) is 17.4 Å². The molecule has 59 heavy (non-hydrogen) atoms. The number of sulfonamides is 1. The van der Waals surface area contributed by atoms with Gasteiger partial charge in [0.1, 0.15) is 30.3 Å². The van der Waals surface area contributed by atoms with Gasteiger partial charge >= 0.3 is 5.97 Å². The number of carbonyl (C=O) groups excluding carboxylic acids is 4. The Bertz CT molecular complexity index is 2070. The van der Waals surface area contributed by atoms with Crippen LogP contribution in [0.2, 0.25) is 0 Å². The van der Waals surface area contributed by atoms with E-state index in [1.807, 2.05) is 25.1 Å². The summed E-state index contributed by atoms with van der Waals surface area (Å²) in [7, 11) is -0.825. The molecule has 2 aromatic rings. The van der Waals surface area contributed by atoms with Gasteiger partial charge in [0.25, 0.3) is 0 Å². The highest BCUT2D eigenvalue weighted by Crippen LogP contribution is 2.58. The van der Waals surface area contributed by atoms with E-state index < -0.39 is 50.1 Å². The number of amides is 2. The molecule has 1 aromatic carbocycles. The van der Waals surface area contributed by atoms with Crippen molar-refractivity contribution < 1.29 is 56.0 Å². The fourth-order valence-electron chi connectivity index (χ4n) is 8.68. The summed E-state index contributed by atoms with van der Waals surface area (Å²) in [4.78, 5) is 63.2. The summed E-state index contributed by atoms with van der Waals surface area (Å²) in [5.41, 5.74) is -1.29. The van der Waals surface area contributed by atoms with E-state index in [4.69, 9.17) is 28.4 Å². The number of nitrogens with zero attached hydrogens (tertiary/aromatic N) is 2. The molecule has 2 amide bonds. The van der Waals surface area contributed by atoms with E-state index in [2.05, 4.69) is 16.6 Å². The Balaban J connectivity index is 1.21. The zero-order valence-electron chi connectivity index (χ0n) is 34.6. The standard InChI is InChI=1S/C43H57N3O12S/c1-26-8-6-7-9-28-20-43(28,41(50)45-59(51,52)42(3)12-13-42)21-36(47)35-18-30(23-46(35)40(49)33(27(2)16-26)19-38(48)57-31-24-55-25-31)58-39-32-11-10-29(54-5)17-34(32)37(22-44-39)56-15-14-53-4/h7,9-11,17,22,26-28,30-31,33,35H,6,8,12-16,18-21,23-25H2,1-5H3,(H,45,50)/b9-7-/t26-,27+,28+,30+,33-,35-,43+/m0/s1. The van der Waals surface area contributed by atoms with Gasteiger partial charge in [0, 0.05) is 30.7 Å². The molecule has 7 rings (SSSR count). The molecule has 3 aliphatic heterocycles. The Hall–Kier alpha value is -4.28. The van der Waals surface area contributed by atoms with Crippen molar-refractivity contribution in [3.63, 3.8) is 0 Å². The van der Waals surface area contributed by atoms with Crippen molar-refractivity contribution in [2.75, 3.05) is 47.2 Å². The molecule has 2 saturated carbocycles. The maximum Gasteiger partial charge on any atom is 0.307 e. The van der Waals surface area contributed by atoms with Crippen LogP contribution in [-0.2, 0) is 43.4 Å². The molecule has 4 heterocycles. The normalized spacial score (nSPS) is 30.2. The average Bonchev–Trinajstić information content (AvgIpc) is 4.07. The molecule has 1 aromatic heterocycles. The molecular weight excluding hydrogens is 783 g/mol. The predicted octanol–water partition coefficient (Wildman–Crippen LogP) is 4.54. The number of benzene rings is 1. The van der Waals surface area contributed by atoms with E-state index in [-0.39, 0.29) is 73.8 Å². The molecule has 2 saturated heterocycles. The third-order valence-corrected chi connectivity index (χ3v) is 15.1. The smallest absolute Gasteiger partial charge is 0.307 e. The largest absolute Gasteiger partial charge is 0.497 e. The van der Waals surface area contributed by atoms with E-state index in [0.717, 1.165) is 6.42 Å². The molecule has 4 fully saturated rings. The van der Waals surface area contributed by atoms with Gasteiger partial charge in [0.05, 0.1) is 68.2 Å². The first-order chi connectivity index (χ1) is 28.2. The first-order valence-electron chi connectivity index (χ1n) is 20.8.